The zero-order valence-electron chi connectivity index (χ0n) is 26.0. The summed E-state index contributed by atoms with van der Waals surface area (Å²) < 4.78 is 0. The predicted molar refractivity (Wildman–Crippen MR) is 185 cm³/mol. The first kappa shape index (κ1) is 30.1. The number of hydrogen-bond donors (Lipinski definition) is 4. The molecule has 49 heavy (non-hydrogen) atoms. The average molecular weight is 676 g/mol. The number of hydrogen-bond acceptors (Lipinski definition) is 4. The summed E-state index contributed by atoms with van der Waals surface area (Å²) in [6.07, 6.45) is 7.29. The maximum absolute atomic E-state index is 4.78. The van der Waals surface area contributed by atoms with Crippen LogP contribution in [0.1, 0.15) is 45.6 Å². The number of aromatic amines is 4. The number of rotatable bonds is 4. The van der Waals surface area contributed by atoms with Crippen LogP contribution in [0.15, 0.2) is 146 Å². The smallest absolute Gasteiger partial charge is 0.0743 e. The average Bonchev–Trinajstić information content (AvgIpc) is 3.98. The van der Waals surface area contributed by atoms with Gasteiger partial charge in [0.1, 0.15) is 0 Å². The Hall–Kier alpha value is -6.28. The van der Waals surface area contributed by atoms with E-state index in [0.717, 1.165) is 89.2 Å². The van der Waals surface area contributed by atoms with Gasteiger partial charge in [-0.1, -0.05) is 24.3 Å². The number of H-pyrrole nitrogens is 4. The van der Waals surface area contributed by atoms with Crippen LogP contribution in [0, 0.1) is 0 Å². The van der Waals surface area contributed by atoms with Crippen molar-refractivity contribution < 1.29 is 17.1 Å². The molecular weight excluding hydrogens is 647 g/mol. The minimum absolute atomic E-state index is 0. The number of pyridine rings is 4. The van der Waals surface area contributed by atoms with Crippen LogP contribution >= 0.6 is 0 Å². The van der Waals surface area contributed by atoms with Gasteiger partial charge < -0.3 is 19.9 Å². The summed E-state index contributed by atoms with van der Waals surface area (Å²) in [6, 6.07) is 40.8. The fraction of sp³-hybridized carbons (Fsp3) is 0. The molecule has 0 amide bonds. The van der Waals surface area contributed by atoms with Gasteiger partial charge >= 0.3 is 0 Å². The summed E-state index contributed by atoms with van der Waals surface area (Å²) in [4.78, 5) is 34.1. The van der Waals surface area contributed by atoms with Gasteiger partial charge in [-0.25, -0.2) is 0 Å². The van der Waals surface area contributed by atoms with Gasteiger partial charge in [-0.05, 0) is 97.1 Å². The van der Waals surface area contributed by atoms with Crippen molar-refractivity contribution in [3.63, 3.8) is 0 Å². The summed E-state index contributed by atoms with van der Waals surface area (Å²) in [5.74, 6) is 0. The van der Waals surface area contributed by atoms with Gasteiger partial charge in [-0.3, -0.25) is 19.9 Å². The number of aromatic nitrogens is 8. The van der Waals surface area contributed by atoms with Gasteiger partial charge in [0.25, 0.3) is 0 Å². The third kappa shape index (κ3) is 5.47. The van der Waals surface area contributed by atoms with Crippen LogP contribution in [0.5, 0.6) is 0 Å². The van der Waals surface area contributed by atoms with E-state index in [1.54, 1.807) is 0 Å². The van der Waals surface area contributed by atoms with E-state index >= 15 is 0 Å². The van der Waals surface area contributed by atoms with Crippen molar-refractivity contribution in [3.05, 3.63) is 213 Å². The van der Waals surface area contributed by atoms with E-state index in [2.05, 4.69) is 68.5 Å². The Morgan fingerprint density at radius 1 is 0.286 bits per heavy atom. The van der Waals surface area contributed by atoms with Crippen LogP contribution in [-0.2, 0) is 17.1 Å². The Kier molecular flexibility index (Phi) is 7.81. The first-order valence-electron chi connectivity index (χ1n) is 15.7. The Bertz CT molecular complexity index is 2290. The van der Waals surface area contributed by atoms with Crippen LogP contribution in [-0.4, -0.2) is 39.9 Å². The van der Waals surface area contributed by atoms with Crippen molar-refractivity contribution in [2.24, 2.45) is 0 Å². The third-order valence-corrected chi connectivity index (χ3v) is 8.58. The normalized spacial score (nSPS) is 12.6. The van der Waals surface area contributed by atoms with Crippen LogP contribution in [0.4, 0.5) is 0 Å². The van der Waals surface area contributed by atoms with Gasteiger partial charge in [0.15, 0.2) is 0 Å². The Morgan fingerprint density at radius 3 is 0.776 bits per heavy atom. The molecule has 0 saturated heterocycles. The number of fused-ring (bicyclic) bond motifs is 8. The first-order chi connectivity index (χ1) is 23.8. The molecule has 9 heterocycles. The van der Waals surface area contributed by atoms with Crippen LogP contribution in [0.3, 0.4) is 0 Å². The largest absolute Gasteiger partial charge is 0.354 e. The van der Waals surface area contributed by atoms with Crippen LogP contribution < -0.4 is 21.4 Å². The molecule has 1 aliphatic rings. The molecule has 0 unspecified atom stereocenters. The second kappa shape index (κ2) is 12.7. The van der Waals surface area contributed by atoms with Crippen LogP contribution in [0.2, 0.25) is 0 Å². The third-order valence-electron chi connectivity index (χ3n) is 8.58. The standard InChI is InChI=1S/C40H28N8.Mn/c1-5-21-41-25(9-1)37-29-13-15-31(45-29)38(26-10-2-6-22-42-26)33-17-19-35(47-33)40(28-12-4-8-24-44-28)36-20-18-34(48-36)39(27-11-3-7-23-43-27)32-16-14-30(37)46-32;/h1-24,45-48H;. The van der Waals surface area contributed by atoms with Crippen molar-refractivity contribution in [2.45, 2.75) is 0 Å². The van der Waals surface area contributed by atoms with E-state index < -0.39 is 0 Å². The molecule has 0 saturated carbocycles. The number of nitrogens with one attached hydrogen (secondary N) is 4. The monoisotopic (exact) mass is 675 g/mol. The van der Waals surface area contributed by atoms with Crippen molar-refractivity contribution in [1.29, 1.82) is 0 Å². The van der Waals surface area contributed by atoms with E-state index in [0.29, 0.717) is 0 Å². The molecule has 0 aromatic carbocycles. The predicted octanol–water partition coefficient (Wildman–Crippen LogP) is 3.88. The SMILES string of the molecule is [Mn].c1ccc(C2=c3ccc([nH]3)=C(c3ccccn3)c3ccc([nH]3)C(c3ccccn3)=c3ccc([nH]3)=C(c3ccccn3)c3ccc2[nH]3)nc1. The van der Waals surface area contributed by atoms with Gasteiger partial charge in [-0.15, -0.1) is 0 Å². The van der Waals surface area contributed by atoms with Crippen molar-refractivity contribution in [1.82, 2.24) is 39.9 Å². The molecule has 8 nitrogen and oxygen atoms in total. The van der Waals surface area contributed by atoms with Gasteiger partial charge in [-0.2, -0.15) is 0 Å². The molecule has 4 N–H and O–H groups in total. The zero-order valence-corrected chi connectivity index (χ0v) is 27.2. The van der Waals surface area contributed by atoms with E-state index in [9.17, 15) is 0 Å². The molecule has 9 rings (SSSR count). The van der Waals surface area contributed by atoms with Crippen molar-refractivity contribution in [2.75, 3.05) is 0 Å². The second-order valence-electron chi connectivity index (χ2n) is 11.5. The van der Waals surface area contributed by atoms with Crippen molar-refractivity contribution in [3.8, 4) is 0 Å². The molecule has 0 spiro atoms. The molecule has 0 atom stereocenters. The Balaban J connectivity index is 0.00000348. The molecule has 1 aliphatic heterocycles. The van der Waals surface area contributed by atoms with Gasteiger partial charge in [0.2, 0.25) is 0 Å². The zero-order chi connectivity index (χ0) is 31.9. The molecule has 8 bridgehead atoms. The first-order valence-corrected chi connectivity index (χ1v) is 15.7. The van der Waals surface area contributed by atoms with Crippen LogP contribution in [0.25, 0.3) is 22.3 Å². The molecule has 0 fully saturated rings. The number of nitrogens with zero attached hydrogens (tertiary/aromatic N) is 4. The minimum Gasteiger partial charge on any atom is -0.354 e. The molecule has 9 heteroatoms. The summed E-state index contributed by atoms with van der Waals surface area (Å²) in [5.41, 5.74) is 10.9. The van der Waals surface area contributed by atoms with E-state index in [1.807, 2.05) is 97.6 Å². The molecule has 0 aliphatic carbocycles. The van der Waals surface area contributed by atoms with Gasteiger partial charge in [0.05, 0.1) is 66.9 Å². The summed E-state index contributed by atoms with van der Waals surface area (Å²) in [6.45, 7) is 0. The Labute approximate surface area is 291 Å². The summed E-state index contributed by atoms with van der Waals surface area (Å²) in [5, 5.41) is 3.69. The fourth-order valence-electron chi connectivity index (χ4n) is 6.47. The van der Waals surface area contributed by atoms with E-state index in [4.69, 9.17) is 19.9 Å². The molecule has 1 radical (unpaired) electrons. The van der Waals surface area contributed by atoms with Gasteiger partial charge in [0, 0.05) is 64.1 Å². The van der Waals surface area contributed by atoms with Crippen molar-refractivity contribution >= 4 is 22.3 Å². The summed E-state index contributed by atoms with van der Waals surface area (Å²) >= 11 is 0. The quantitative estimate of drug-likeness (QED) is 0.212. The van der Waals surface area contributed by atoms with E-state index in [-0.39, 0.29) is 17.1 Å². The maximum atomic E-state index is 4.78. The maximum Gasteiger partial charge on any atom is 0.0743 e. The molecular formula is C40H28MnN8. The summed E-state index contributed by atoms with van der Waals surface area (Å²) in [7, 11) is 0. The van der Waals surface area contributed by atoms with E-state index in [1.165, 1.54) is 0 Å². The molecule has 235 valence electrons. The molecule has 8 aromatic heterocycles. The fourth-order valence-corrected chi connectivity index (χ4v) is 6.47. The topological polar surface area (TPSA) is 115 Å². The minimum atomic E-state index is 0. The second-order valence-corrected chi connectivity index (χ2v) is 11.5. The molecule has 8 aromatic rings. The Morgan fingerprint density at radius 2 is 0.551 bits per heavy atom.